The summed E-state index contributed by atoms with van der Waals surface area (Å²) >= 11 is 0. The molecule has 2 aromatic carbocycles. The minimum Gasteiger partial charge on any atom is -0.305 e. The summed E-state index contributed by atoms with van der Waals surface area (Å²) in [5, 5.41) is 0.415. The van der Waals surface area contributed by atoms with Crippen molar-refractivity contribution in [2.75, 3.05) is 0 Å². The van der Waals surface area contributed by atoms with Gasteiger partial charge in [-0.3, -0.25) is 0 Å². The Labute approximate surface area is 152 Å². The third-order valence-electron chi connectivity index (χ3n) is 3.21. The van der Waals surface area contributed by atoms with E-state index in [1.54, 1.807) is 0 Å². The van der Waals surface area contributed by atoms with Gasteiger partial charge in [0.15, 0.2) is 0 Å². The molecule has 3 aromatic rings. The zero-order chi connectivity index (χ0) is 15.8. The van der Waals surface area contributed by atoms with Gasteiger partial charge >= 0.3 is 17.1 Å². The van der Waals surface area contributed by atoms with Gasteiger partial charge in [-0.25, -0.2) is 12.1 Å². The summed E-state index contributed by atoms with van der Waals surface area (Å²) in [7, 11) is 0.949. The number of rotatable bonds is 3. The summed E-state index contributed by atoms with van der Waals surface area (Å²) in [6, 6.07) is 22.6. The molecule has 3 heteroatoms. The Morgan fingerprint density at radius 1 is 1.04 bits per heavy atom. The van der Waals surface area contributed by atoms with Crippen LogP contribution in [0.5, 0.6) is 0 Å². The van der Waals surface area contributed by atoms with Crippen LogP contribution in [0.4, 0.5) is 0 Å². The average Bonchev–Trinajstić information content (AvgIpc) is 3.20. The Hall–Kier alpha value is -1.20. The largest absolute Gasteiger partial charge is 2.00 e. The van der Waals surface area contributed by atoms with Crippen LogP contribution in [0.2, 0.25) is 0 Å². The van der Waals surface area contributed by atoms with Crippen LogP contribution in [0.15, 0.2) is 72.9 Å². The predicted octanol–water partition coefficient (Wildman–Crippen LogP) is 5.85. The maximum atomic E-state index is 4.43. The number of pyridine rings is 1. The second-order valence-corrected chi connectivity index (χ2v) is 8.45. The first-order valence-corrected chi connectivity index (χ1v) is 8.85. The van der Waals surface area contributed by atoms with E-state index in [9.17, 15) is 0 Å². The normalized spacial score (nSPS) is 10.9. The Kier molecular flexibility index (Phi) is 8.48. The maximum absolute atomic E-state index is 4.43. The van der Waals surface area contributed by atoms with Crippen LogP contribution < -0.4 is 0 Å². The van der Waals surface area contributed by atoms with Crippen molar-refractivity contribution in [3.63, 3.8) is 0 Å². The van der Waals surface area contributed by atoms with Gasteiger partial charge in [0.2, 0.25) is 0 Å². The number of hydrogen-bond acceptors (Lipinski definition) is 1. The Balaban J connectivity index is 0.000000377. The summed E-state index contributed by atoms with van der Waals surface area (Å²) < 4.78 is 0. The molecule has 0 fully saturated rings. The minimum atomic E-state index is 0. The van der Waals surface area contributed by atoms with Gasteiger partial charge in [-0.15, -0.1) is 25.8 Å². The van der Waals surface area contributed by atoms with E-state index in [0.29, 0.717) is 5.16 Å². The Bertz CT molecular complexity index is 619. The van der Waals surface area contributed by atoms with Crippen molar-refractivity contribution < 1.29 is 17.1 Å². The molecular formula is C20H24FeNP. The van der Waals surface area contributed by atoms with Crippen molar-refractivity contribution in [1.82, 2.24) is 4.98 Å². The molecule has 0 aliphatic rings. The van der Waals surface area contributed by atoms with Gasteiger partial charge in [0, 0.05) is 6.20 Å². The van der Waals surface area contributed by atoms with E-state index in [1.807, 2.05) is 48.7 Å². The first kappa shape index (κ1) is 19.8. The monoisotopic (exact) mass is 365 g/mol. The molecule has 0 radical (unpaired) electrons. The fourth-order valence-corrected chi connectivity index (χ4v) is 3.09. The van der Waals surface area contributed by atoms with Crippen molar-refractivity contribution in [3.8, 4) is 11.3 Å². The molecule has 122 valence electrons. The molecule has 3 rings (SSSR count). The number of aromatic nitrogens is 1. The Morgan fingerprint density at radius 3 is 2.30 bits per heavy atom. The van der Waals surface area contributed by atoms with E-state index in [0.717, 1.165) is 20.4 Å². The summed E-state index contributed by atoms with van der Waals surface area (Å²) in [5.41, 5.74) is 3.81. The molecular weight excluding hydrogens is 341 g/mol. The summed E-state index contributed by atoms with van der Waals surface area (Å²) in [6.45, 7) is 6.90. The van der Waals surface area contributed by atoms with Crippen molar-refractivity contribution >= 4 is 8.58 Å². The van der Waals surface area contributed by atoms with Crippen LogP contribution >= 0.6 is 8.58 Å². The molecule has 1 heterocycles. The van der Waals surface area contributed by atoms with Gasteiger partial charge < -0.3 is 4.98 Å². The van der Waals surface area contributed by atoms with Crippen molar-refractivity contribution in [2.45, 2.75) is 32.1 Å². The Morgan fingerprint density at radius 2 is 1.78 bits per heavy atom. The molecule has 0 aliphatic heterocycles. The van der Waals surface area contributed by atoms with Gasteiger partial charge in [-0.2, -0.15) is 30.3 Å². The van der Waals surface area contributed by atoms with Crippen LogP contribution in [0.25, 0.3) is 11.3 Å². The first-order chi connectivity index (χ1) is 10.6. The fourth-order valence-electron chi connectivity index (χ4n) is 2.06. The van der Waals surface area contributed by atoms with E-state index >= 15 is 0 Å². The molecule has 1 unspecified atom stereocenters. The minimum absolute atomic E-state index is 0. The van der Waals surface area contributed by atoms with Crippen molar-refractivity contribution in [1.29, 1.82) is 0 Å². The second-order valence-electron chi connectivity index (χ2n) is 6.25. The van der Waals surface area contributed by atoms with Gasteiger partial charge in [-0.1, -0.05) is 32.9 Å². The second kappa shape index (κ2) is 9.83. The SMILES string of the molecule is CC(C)(C)PC[c-]1cccc1-c1ccccn1.[Fe+2].c1cc[cH-]c1. The molecule has 0 spiro atoms. The van der Waals surface area contributed by atoms with Gasteiger partial charge in [-0.05, 0) is 23.1 Å². The third kappa shape index (κ3) is 7.27. The smallest absolute Gasteiger partial charge is 0.305 e. The summed E-state index contributed by atoms with van der Waals surface area (Å²) in [5.74, 6) is 0. The average molecular weight is 365 g/mol. The van der Waals surface area contributed by atoms with Gasteiger partial charge in [0.1, 0.15) is 0 Å². The van der Waals surface area contributed by atoms with E-state index < -0.39 is 0 Å². The zero-order valence-corrected chi connectivity index (χ0v) is 16.0. The topological polar surface area (TPSA) is 12.9 Å². The molecule has 1 aromatic heterocycles. The molecule has 23 heavy (non-hydrogen) atoms. The van der Waals surface area contributed by atoms with Crippen molar-refractivity contribution in [2.24, 2.45) is 0 Å². The third-order valence-corrected chi connectivity index (χ3v) is 4.83. The molecule has 0 N–H and O–H groups in total. The van der Waals surface area contributed by atoms with Crippen LogP contribution in [-0.4, -0.2) is 10.1 Å². The number of hydrogen-bond donors (Lipinski definition) is 0. The van der Waals surface area contributed by atoms with Gasteiger partial charge in [0.05, 0.1) is 0 Å². The molecule has 0 saturated heterocycles. The van der Waals surface area contributed by atoms with E-state index in [-0.39, 0.29) is 17.1 Å². The predicted molar refractivity (Wildman–Crippen MR) is 99.1 cm³/mol. The molecule has 1 atom stereocenters. The van der Waals surface area contributed by atoms with E-state index in [1.165, 1.54) is 11.1 Å². The molecule has 0 amide bonds. The van der Waals surface area contributed by atoms with E-state index in [4.69, 9.17) is 0 Å². The maximum Gasteiger partial charge on any atom is 2.00 e. The van der Waals surface area contributed by atoms with E-state index in [2.05, 4.69) is 50.0 Å². The molecule has 0 saturated carbocycles. The molecule has 0 bridgehead atoms. The standard InChI is InChI=1S/C15H19NP.C5H5.Fe/c1-15(2,3)17-11-12-7-6-8-13(12)14-9-4-5-10-16-14;1-2-4-5-3-1;/h4-10,17H,11H2,1-3H3;1-5H;/q2*-1;+2. The number of nitrogens with zero attached hydrogens (tertiary/aromatic N) is 1. The van der Waals surface area contributed by atoms with Crippen LogP contribution in [-0.2, 0) is 23.2 Å². The van der Waals surface area contributed by atoms with Crippen LogP contribution in [0.1, 0.15) is 26.3 Å². The fraction of sp³-hybridized carbons (Fsp3) is 0.250. The summed E-state index contributed by atoms with van der Waals surface area (Å²) in [4.78, 5) is 4.43. The molecule has 0 aliphatic carbocycles. The van der Waals surface area contributed by atoms with Crippen LogP contribution in [0.3, 0.4) is 0 Å². The summed E-state index contributed by atoms with van der Waals surface area (Å²) in [6.07, 6.45) is 3.01. The first-order valence-electron chi connectivity index (χ1n) is 7.64. The van der Waals surface area contributed by atoms with Crippen molar-refractivity contribution in [3.05, 3.63) is 78.5 Å². The molecule has 1 nitrogen and oxygen atoms in total. The van der Waals surface area contributed by atoms with Gasteiger partial charge in [0.25, 0.3) is 0 Å². The van der Waals surface area contributed by atoms with Crippen LogP contribution in [0, 0.1) is 0 Å². The quantitative estimate of drug-likeness (QED) is 0.322. The zero-order valence-electron chi connectivity index (χ0n) is 13.9.